The molecule has 1 amide bonds. The molecular weight excluding hydrogens is 542 g/mol. The molecule has 0 aliphatic rings. The first-order valence-electron chi connectivity index (χ1n) is 9.67. The molecule has 33 heavy (non-hydrogen) atoms. The van der Waals surface area contributed by atoms with Gasteiger partial charge in [-0.2, -0.15) is 5.10 Å². The number of hydrogen-bond donors (Lipinski definition) is 2. The van der Waals surface area contributed by atoms with Crippen molar-refractivity contribution in [1.82, 2.24) is 9.66 Å². The molecule has 0 radical (unpaired) electrons. The van der Waals surface area contributed by atoms with E-state index in [9.17, 15) is 18.8 Å². The standard InChI is InChI=1S/C23H16FIN4O4/c24-16-6-2-4-8-19(16)27-21(30)13-33-20-10-9-14(11-17(20)25)12-26-29-22(31)15-5-1-3-7-18(15)28-23(29)32/h1-12H,13H2,(H,27,30)(H,28,32). The van der Waals surface area contributed by atoms with Gasteiger partial charge in [-0.05, 0) is 70.6 Å². The molecule has 0 saturated carbocycles. The number of para-hydroxylation sites is 2. The largest absolute Gasteiger partial charge is 0.483 e. The number of benzene rings is 3. The van der Waals surface area contributed by atoms with Gasteiger partial charge in [-0.25, -0.2) is 9.18 Å². The molecule has 2 N–H and O–H groups in total. The number of anilines is 1. The minimum Gasteiger partial charge on any atom is -0.483 e. The first-order valence-corrected chi connectivity index (χ1v) is 10.8. The van der Waals surface area contributed by atoms with Crippen LogP contribution in [0.5, 0.6) is 5.75 Å². The van der Waals surface area contributed by atoms with E-state index in [1.165, 1.54) is 24.4 Å². The molecule has 10 heteroatoms. The molecule has 4 rings (SSSR count). The lowest BCUT2D eigenvalue weighted by molar-refractivity contribution is -0.118. The van der Waals surface area contributed by atoms with Gasteiger partial charge in [-0.3, -0.25) is 9.59 Å². The SMILES string of the molecule is O=C(COc1ccc(C=Nn2c(=O)[nH]c3ccccc3c2=O)cc1I)Nc1ccccc1F. The van der Waals surface area contributed by atoms with Crippen molar-refractivity contribution in [2.45, 2.75) is 0 Å². The van der Waals surface area contributed by atoms with Gasteiger partial charge in [0.15, 0.2) is 6.61 Å². The predicted molar refractivity (Wildman–Crippen MR) is 132 cm³/mol. The second kappa shape index (κ2) is 9.77. The van der Waals surface area contributed by atoms with Gasteiger partial charge in [-0.1, -0.05) is 24.3 Å². The van der Waals surface area contributed by atoms with Crippen molar-refractivity contribution in [3.63, 3.8) is 0 Å². The average Bonchev–Trinajstić information content (AvgIpc) is 2.80. The summed E-state index contributed by atoms with van der Waals surface area (Å²) in [5, 5.41) is 6.81. The van der Waals surface area contributed by atoms with Gasteiger partial charge in [0.2, 0.25) is 0 Å². The van der Waals surface area contributed by atoms with E-state index in [0.717, 1.165) is 4.68 Å². The third-order valence-electron chi connectivity index (χ3n) is 4.57. The maximum absolute atomic E-state index is 13.6. The van der Waals surface area contributed by atoms with Crippen LogP contribution in [0.4, 0.5) is 10.1 Å². The van der Waals surface area contributed by atoms with E-state index in [1.54, 1.807) is 48.5 Å². The third kappa shape index (κ3) is 5.17. The number of aromatic amines is 1. The van der Waals surface area contributed by atoms with Crippen LogP contribution in [0.25, 0.3) is 10.9 Å². The van der Waals surface area contributed by atoms with Crippen molar-refractivity contribution in [2.75, 3.05) is 11.9 Å². The monoisotopic (exact) mass is 558 g/mol. The van der Waals surface area contributed by atoms with Crippen molar-refractivity contribution in [2.24, 2.45) is 5.10 Å². The molecule has 1 aromatic heterocycles. The second-order valence-electron chi connectivity index (χ2n) is 6.84. The van der Waals surface area contributed by atoms with Crippen LogP contribution in [0.2, 0.25) is 0 Å². The fourth-order valence-corrected chi connectivity index (χ4v) is 3.68. The van der Waals surface area contributed by atoms with Gasteiger partial charge < -0.3 is 15.0 Å². The number of aromatic nitrogens is 2. The summed E-state index contributed by atoms with van der Waals surface area (Å²) < 4.78 is 20.6. The Morgan fingerprint density at radius 2 is 1.88 bits per heavy atom. The highest BCUT2D eigenvalue weighted by molar-refractivity contribution is 14.1. The van der Waals surface area contributed by atoms with Crippen LogP contribution in [-0.4, -0.2) is 28.4 Å². The van der Waals surface area contributed by atoms with E-state index >= 15 is 0 Å². The number of hydrogen-bond acceptors (Lipinski definition) is 5. The molecule has 166 valence electrons. The molecule has 3 aromatic carbocycles. The van der Waals surface area contributed by atoms with Crippen LogP contribution in [0.3, 0.4) is 0 Å². The van der Waals surface area contributed by atoms with Crippen LogP contribution >= 0.6 is 22.6 Å². The molecule has 0 atom stereocenters. The van der Waals surface area contributed by atoms with E-state index in [1.807, 2.05) is 22.6 Å². The Hall–Kier alpha value is -3.80. The molecule has 0 aliphatic heterocycles. The second-order valence-corrected chi connectivity index (χ2v) is 8.01. The minimum atomic E-state index is -0.648. The summed E-state index contributed by atoms with van der Waals surface area (Å²) in [6, 6.07) is 17.5. The van der Waals surface area contributed by atoms with Crippen molar-refractivity contribution < 1.29 is 13.9 Å². The van der Waals surface area contributed by atoms with Crippen molar-refractivity contribution in [3.05, 3.63) is 103 Å². The molecule has 0 unspecified atom stereocenters. The Balaban J connectivity index is 1.46. The Kier molecular flexibility index (Phi) is 6.63. The quantitative estimate of drug-likeness (QED) is 0.280. The molecule has 4 aromatic rings. The lowest BCUT2D eigenvalue weighted by Gasteiger charge is -2.10. The number of halogens is 2. The number of carbonyl (C=O) groups excluding carboxylic acids is 1. The predicted octanol–water partition coefficient (Wildman–Crippen LogP) is 3.33. The fraction of sp³-hybridized carbons (Fsp3) is 0.0435. The van der Waals surface area contributed by atoms with Crippen molar-refractivity contribution >= 4 is 51.3 Å². The number of amides is 1. The Morgan fingerprint density at radius 3 is 2.67 bits per heavy atom. The number of H-pyrrole nitrogens is 1. The third-order valence-corrected chi connectivity index (χ3v) is 5.41. The van der Waals surface area contributed by atoms with Crippen LogP contribution in [0, 0.1) is 9.39 Å². The molecule has 0 saturated heterocycles. The number of nitrogens with zero attached hydrogens (tertiary/aromatic N) is 2. The summed E-state index contributed by atoms with van der Waals surface area (Å²) in [5.41, 5.74) is -0.0473. The fourth-order valence-electron chi connectivity index (χ4n) is 2.99. The number of carbonyl (C=O) groups is 1. The molecule has 0 fully saturated rings. The Morgan fingerprint density at radius 1 is 1.12 bits per heavy atom. The molecule has 8 nitrogen and oxygen atoms in total. The summed E-state index contributed by atoms with van der Waals surface area (Å²) in [7, 11) is 0. The molecular formula is C23H16FIN4O4. The van der Waals surface area contributed by atoms with Crippen LogP contribution in [-0.2, 0) is 4.79 Å². The average molecular weight is 558 g/mol. The zero-order valence-electron chi connectivity index (χ0n) is 16.9. The smallest absolute Gasteiger partial charge is 0.349 e. The van der Waals surface area contributed by atoms with Gasteiger partial charge >= 0.3 is 5.69 Å². The normalized spacial score (nSPS) is 11.1. The molecule has 1 heterocycles. The van der Waals surface area contributed by atoms with Crippen LogP contribution in [0.15, 0.2) is 81.4 Å². The minimum absolute atomic E-state index is 0.0753. The van der Waals surface area contributed by atoms with Crippen LogP contribution < -0.4 is 21.3 Å². The van der Waals surface area contributed by atoms with Crippen LogP contribution in [0.1, 0.15) is 5.56 Å². The zero-order chi connectivity index (χ0) is 23.4. The molecule has 0 spiro atoms. The topological polar surface area (TPSA) is 106 Å². The Bertz CT molecular complexity index is 1500. The number of ether oxygens (including phenoxy) is 1. The van der Waals surface area contributed by atoms with Gasteiger partial charge in [0, 0.05) is 0 Å². The highest BCUT2D eigenvalue weighted by Gasteiger charge is 2.10. The summed E-state index contributed by atoms with van der Waals surface area (Å²) >= 11 is 2.03. The van der Waals surface area contributed by atoms with E-state index in [2.05, 4.69) is 15.4 Å². The number of fused-ring (bicyclic) bond motifs is 1. The van der Waals surface area contributed by atoms with E-state index in [4.69, 9.17) is 4.74 Å². The van der Waals surface area contributed by atoms with Gasteiger partial charge in [0.1, 0.15) is 11.6 Å². The summed E-state index contributed by atoms with van der Waals surface area (Å²) in [6.07, 6.45) is 1.38. The van der Waals surface area contributed by atoms with Gasteiger partial charge in [0.05, 0.1) is 26.4 Å². The lowest BCUT2D eigenvalue weighted by Crippen LogP contribution is -2.32. The first kappa shape index (κ1) is 22.4. The summed E-state index contributed by atoms with van der Waals surface area (Å²) in [4.78, 5) is 39.4. The number of rotatable bonds is 6. The van der Waals surface area contributed by atoms with E-state index in [-0.39, 0.29) is 12.3 Å². The maximum atomic E-state index is 13.6. The first-order chi connectivity index (χ1) is 15.9. The lowest BCUT2D eigenvalue weighted by atomic mass is 10.2. The highest BCUT2D eigenvalue weighted by atomic mass is 127. The van der Waals surface area contributed by atoms with Gasteiger partial charge in [-0.15, -0.1) is 4.68 Å². The van der Waals surface area contributed by atoms with Gasteiger partial charge in [0.25, 0.3) is 11.5 Å². The highest BCUT2D eigenvalue weighted by Crippen LogP contribution is 2.22. The van der Waals surface area contributed by atoms with Crippen molar-refractivity contribution in [3.8, 4) is 5.75 Å². The summed E-state index contributed by atoms with van der Waals surface area (Å²) in [5.74, 6) is -0.595. The zero-order valence-corrected chi connectivity index (χ0v) is 19.1. The molecule has 0 bridgehead atoms. The molecule has 0 aliphatic carbocycles. The number of nitrogens with one attached hydrogen (secondary N) is 2. The van der Waals surface area contributed by atoms with E-state index in [0.29, 0.717) is 25.8 Å². The summed E-state index contributed by atoms with van der Waals surface area (Å²) in [6.45, 7) is -0.306. The van der Waals surface area contributed by atoms with Crippen molar-refractivity contribution in [1.29, 1.82) is 0 Å². The van der Waals surface area contributed by atoms with E-state index < -0.39 is 23.0 Å². The maximum Gasteiger partial charge on any atom is 0.349 e. The Labute approximate surface area is 199 Å².